The zero-order valence-electron chi connectivity index (χ0n) is 12.1. The van der Waals surface area contributed by atoms with Crippen LogP contribution < -0.4 is 5.32 Å². The lowest BCUT2D eigenvalue weighted by molar-refractivity contribution is 0.404. The van der Waals surface area contributed by atoms with Crippen molar-refractivity contribution in [3.05, 3.63) is 35.4 Å². The molecule has 0 radical (unpaired) electrons. The number of rotatable bonds is 6. The third kappa shape index (κ3) is 4.74. The van der Waals surface area contributed by atoms with Crippen molar-refractivity contribution in [3.8, 4) is 0 Å². The third-order valence-corrected chi connectivity index (χ3v) is 5.75. The Balaban J connectivity index is 2.03. The van der Waals surface area contributed by atoms with E-state index in [-0.39, 0.29) is 23.5 Å². The summed E-state index contributed by atoms with van der Waals surface area (Å²) in [5.74, 6) is -0.315. The zero-order chi connectivity index (χ0) is 15.5. The molecule has 3 nitrogen and oxygen atoms in total. The van der Waals surface area contributed by atoms with E-state index in [1.54, 1.807) is 0 Å². The van der Waals surface area contributed by atoms with Crippen LogP contribution >= 0.6 is 0 Å². The van der Waals surface area contributed by atoms with Crippen LogP contribution in [0, 0.1) is 17.6 Å². The predicted molar refractivity (Wildman–Crippen MR) is 78.9 cm³/mol. The summed E-state index contributed by atoms with van der Waals surface area (Å²) in [5.41, 5.74) is 0.335. The molecule has 1 aromatic rings. The van der Waals surface area contributed by atoms with E-state index < -0.39 is 21.5 Å². The van der Waals surface area contributed by atoms with E-state index in [0.29, 0.717) is 31.4 Å². The molecule has 118 valence electrons. The standard InChI is InChI=1S/C15H21F2NO2S/c1-2-18-14(7-11-5-6-21(19,20)10-11)9-12-8-13(16)3-4-15(12)17/h3-4,8,11,14,18H,2,5-7,9-10H2,1H3. The number of hydrogen-bond acceptors (Lipinski definition) is 3. The molecule has 0 bridgehead atoms. The first-order chi connectivity index (χ1) is 9.89. The van der Waals surface area contributed by atoms with E-state index in [1.165, 1.54) is 6.07 Å². The molecule has 6 heteroatoms. The fourth-order valence-electron chi connectivity index (χ4n) is 2.95. The van der Waals surface area contributed by atoms with Crippen molar-refractivity contribution >= 4 is 9.84 Å². The molecule has 0 aromatic heterocycles. The van der Waals surface area contributed by atoms with Crippen LogP contribution in [0.5, 0.6) is 0 Å². The molecule has 2 unspecified atom stereocenters. The van der Waals surface area contributed by atoms with Gasteiger partial charge < -0.3 is 5.32 Å². The van der Waals surface area contributed by atoms with E-state index in [4.69, 9.17) is 0 Å². The largest absolute Gasteiger partial charge is 0.314 e. The first-order valence-corrected chi connectivity index (χ1v) is 9.09. The summed E-state index contributed by atoms with van der Waals surface area (Å²) < 4.78 is 50.0. The van der Waals surface area contributed by atoms with Crippen molar-refractivity contribution in [1.29, 1.82) is 0 Å². The maximum absolute atomic E-state index is 13.7. The van der Waals surface area contributed by atoms with Crippen molar-refractivity contribution in [2.75, 3.05) is 18.1 Å². The van der Waals surface area contributed by atoms with Gasteiger partial charge in [-0.1, -0.05) is 6.92 Å². The van der Waals surface area contributed by atoms with Crippen LogP contribution in [0.3, 0.4) is 0 Å². The van der Waals surface area contributed by atoms with Crippen LogP contribution in [-0.4, -0.2) is 32.5 Å². The molecule has 2 rings (SSSR count). The summed E-state index contributed by atoms with van der Waals surface area (Å²) in [6.07, 6.45) is 1.70. The Kier molecular flexibility index (Phi) is 5.32. The van der Waals surface area contributed by atoms with Crippen LogP contribution in [0.25, 0.3) is 0 Å². The molecule has 1 aliphatic rings. The topological polar surface area (TPSA) is 46.2 Å². The first kappa shape index (κ1) is 16.4. The van der Waals surface area contributed by atoms with Crippen LogP contribution in [0.15, 0.2) is 18.2 Å². The molecule has 0 aliphatic carbocycles. The Morgan fingerprint density at radius 1 is 1.38 bits per heavy atom. The maximum Gasteiger partial charge on any atom is 0.150 e. The normalized spacial score (nSPS) is 22.3. The second-order valence-electron chi connectivity index (χ2n) is 5.70. The van der Waals surface area contributed by atoms with Crippen LogP contribution in [-0.2, 0) is 16.3 Å². The summed E-state index contributed by atoms with van der Waals surface area (Å²) in [4.78, 5) is 0. The van der Waals surface area contributed by atoms with Gasteiger partial charge in [0.05, 0.1) is 11.5 Å². The van der Waals surface area contributed by atoms with Crippen molar-refractivity contribution in [2.45, 2.75) is 32.2 Å². The molecule has 0 spiro atoms. The van der Waals surface area contributed by atoms with E-state index in [1.807, 2.05) is 6.92 Å². The molecule has 1 fully saturated rings. The van der Waals surface area contributed by atoms with Gasteiger partial charge in [0.2, 0.25) is 0 Å². The second kappa shape index (κ2) is 6.83. The SMILES string of the molecule is CCNC(Cc1cc(F)ccc1F)CC1CCS(=O)(=O)C1. The van der Waals surface area contributed by atoms with Gasteiger partial charge in [0.15, 0.2) is 9.84 Å². The molecular weight excluding hydrogens is 296 g/mol. The highest BCUT2D eigenvalue weighted by Crippen LogP contribution is 2.24. The van der Waals surface area contributed by atoms with Gasteiger partial charge in [0, 0.05) is 6.04 Å². The van der Waals surface area contributed by atoms with Crippen molar-refractivity contribution in [1.82, 2.24) is 5.32 Å². The minimum Gasteiger partial charge on any atom is -0.314 e. The van der Waals surface area contributed by atoms with E-state index in [0.717, 1.165) is 12.1 Å². The maximum atomic E-state index is 13.7. The average molecular weight is 317 g/mol. The zero-order valence-corrected chi connectivity index (χ0v) is 12.9. The molecule has 1 aromatic carbocycles. The van der Waals surface area contributed by atoms with Gasteiger partial charge in [0.1, 0.15) is 11.6 Å². The lowest BCUT2D eigenvalue weighted by atomic mass is 9.94. The molecule has 0 amide bonds. The number of benzene rings is 1. The highest BCUT2D eigenvalue weighted by Gasteiger charge is 2.29. The molecule has 1 heterocycles. The highest BCUT2D eigenvalue weighted by atomic mass is 32.2. The molecule has 0 saturated carbocycles. The fraction of sp³-hybridized carbons (Fsp3) is 0.600. The first-order valence-electron chi connectivity index (χ1n) is 7.27. The minimum absolute atomic E-state index is 0.0374. The van der Waals surface area contributed by atoms with Gasteiger partial charge in [-0.05, 0) is 55.5 Å². The van der Waals surface area contributed by atoms with Crippen molar-refractivity contribution in [3.63, 3.8) is 0 Å². The summed E-state index contributed by atoms with van der Waals surface area (Å²) in [5, 5.41) is 3.25. The summed E-state index contributed by atoms with van der Waals surface area (Å²) in [6.45, 7) is 2.65. The lowest BCUT2D eigenvalue weighted by Crippen LogP contribution is -2.33. The van der Waals surface area contributed by atoms with Crippen molar-refractivity contribution in [2.24, 2.45) is 5.92 Å². The van der Waals surface area contributed by atoms with Crippen LogP contribution in [0.4, 0.5) is 8.78 Å². The molecule has 1 saturated heterocycles. The monoisotopic (exact) mass is 317 g/mol. The molecule has 1 aliphatic heterocycles. The van der Waals surface area contributed by atoms with Gasteiger partial charge in [-0.25, -0.2) is 17.2 Å². The van der Waals surface area contributed by atoms with E-state index in [9.17, 15) is 17.2 Å². The van der Waals surface area contributed by atoms with Gasteiger partial charge >= 0.3 is 0 Å². The molecule has 1 N–H and O–H groups in total. The molecular formula is C15H21F2NO2S. The Hall–Kier alpha value is -1.01. The minimum atomic E-state index is -2.91. The van der Waals surface area contributed by atoms with Gasteiger partial charge in [-0.2, -0.15) is 0 Å². The van der Waals surface area contributed by atoms with E-state index >= 15 is 0 Å². The lowest BCUT2D eigenvalue weighted by Gasteiger charge is -2.21. The number of likely N-dealkylation sites (N-methyl/N-ethyl adjacent to an activating group) is 1. The Labute approximate surface area is 124 Å². The summed E-state index contributed by atoms with van der Waals surface area (Å²) in [6, 6.07) is 3.41. The number of halogens is 2. The number of sulfone groups is 1. The highest BCUT2D eigenvalue weighted by molar-refractivity contribution is 7.91. The number of hydrogen-bond donors (Lipinski definition) is 1. The van der Waals surface area contributed by atoms with E-state index in [2.05, 4.69) is 5.32 Å². The number of nitrogens with one attached hydrogen (secondary N) is 1. The van der Waals surface area contributed by atoms with Gasteiger partial charge in [0.25, 0.3) is 0 Å². The van der Waals surface area contributed by atoms with Crippen LogP contribution in [0.1, 0.15) is 25.3 Å². The smallest absolute Gasteiger partial charge is 0.150 e. The average Bonchev–Trinajstić information content (AvgIpc) is 2.73. The third-order valence-electron chi connectivity index (χ3n) is 3.91. The van der Waals surface area contributed by atoms with Crippen molar-refractivity contribution < 1.29 is 17.2 Å². The summed E-state index contributed by atoms with van der Waals surface area (Å²) in [7, 11) is -2.91. The van der Waals surface area contributed by atoms with Gasteiger partial charge in [-0.3, -0.25) is 0 Å². The molecule has 2 atom stereocenters. The fourth-order valence-corrected chi connectivity index (χ4v) is 4.83. The summed E-state index contributed by atoms with van der Waals surface area (Å²) >= 11 is 0. The molecule has 21 heavy (non-hydrogen) atoms. The second-order valence-corrected chi connectivity index (χ2v) is 7.93. The predicted octanol–water partition coefficient (Wildman–Crippen LogP) is 2.31. The Bertz CT molecular complexity index is 589. The van der Waals surface area contributed by atoms with Crippen LogP contribution in [0.2, 0.25) is 0 Å². The quantitative estimate of drug-likeness (QED) is 0.876. The van der Waals surface area contributed by atoms with Gasteiger partial charge in [-0.15, -0.1) is 0 Å². The Morgan fingerprint density at radius 2 is 2.14 bits per heavy atom. The Morgan fingerprint density at radius 3 is 2.76 bits per heavy atom.